The van der Waals surface area contributed by atoms with Crippen molar-refractivity contribution in [3.8, 4) is 5.75 Å². The number of ether oxygens (including phenoxy) is 2. The Hall–Kier alpha value is -3.44. The fourth-order valence-corrected chi connectivity index (χ4v) is 5.99. The zero-order valence-corrected chi connectivity index (χ0v) is 24.9. The topological polar surface area (TPSA) is 112 Å². The third-order valence-electron chi connectivity index (χ3n) is 8.35. The quantitative estimate of drug-likeness (QED) is 0.497. The summed E-state index contributed by atoms with van der Waals surface area (Å²) in [5.41, 5.74) is 1.89. The summed E-state index contributed by atoms with van der Waals surface area (Å²) in [7, 11) is 5.48. The van der Waals surface area contributed by atoms with E-state index in [0.717, 1.165) is 51.0 Å². The lowest BCUT2D eigenvalue weighted by atomic mass is 9.95. The number of hydrogen-bond donors (Lipinski definition) is 2. The molecule has 2 amide bonds. The van der Waals surface area contributed by atoms with Gasteiger partial charge in [-0.25, -0.2) is 4.98 Å². The third-order valence-corrected chi connectivity index (χ3v) is 8.35. The van der Waals surface area contributed by atoms with Gasteiger partial charge in [-0.15, -0.1) is 0 Å². The number of rotatable bonds is 8. The number of likely N-dealkylation sites (N-methyl/N-ethyl adjacent to an activating group) is 1. The lowest BCUT2D eigenvalue weighted by Crippen LogP contribution is -2.57. The van der Waals surface area contributed by atoms with E-state index in [2.05, 4.69) is 46.3 Å². The number of hydrogen-bond acceptors (Lipinski definition) is 9. The Kier molecular flexibility index (Phi) is 8.94. The van der Waals surface area contributed by atoms with Crippen molar-refractivity contribution < 1.29 is 19.1 Å². The van der Waals surface area contributed by atoms with E-state index in [9.17, 15) is 9.59 Å². The van der Waals surface area contributed by atoms with Gasteiger partial charge in [0.25, 0.3) is 5.91 Å². The van der Waals surface area contributed by atoms with E-state index < -0.39 is 0 Å². The van der Waals surface area contributed by atoms with Crippen molar-refractivity contribution >= 4 is 35.0 Å². The van der Waals surface area contributed by atoms with E-state index in [1.165, 1.54) is 0 Å². The minimum atomic E-state index is -0.296. The second-order valence-corrected chi connectivity index (χ2v) is 11.8. The Morgan fingerprint density at radius 2 is 1.88 bits per heavy atom. The van der Waals surface area contributed by atoms with Gasteiger partial charge in [-0.05, 0) is 76.4 Å². The van der Waals surface area contributed by atoms with Gasteiger partial charge in [0.2, 0.25) is 11.9 Å². The highest BCUT2D eigenvalue weighted by atomic mass is 16.5. The fraction of sp³-hybridized carbons (Fsp3) is 0.600. The minimum absolute atomic E-state index is 0.0674. The molecule has 1 aromatic carbocycles. The second kappa shape index (κ2) is 12.6. The zero-order chi connectivity index (χ0) is 29.1. The summed E-state index contributed by atoms with van der Waals surface area (Å²) in [5.74, 6) is 1.97. The minimum Gasteiger partial charge on any atom is -0.495 e. The van der Waals surface area contributed by atoms with Crippen molar-refractivity contribution in [1.82, 2.24) is 20.2 Å². The molecule has 4 heterocycles. The summed E-state index contributed by atoms with van der Waals surface area (Å²) in [6.45, 7) is 7.57. The molecule has 2 fully saturated rings. The van der Waals surface area contributed by atoms with Gasteiger partial charge in [-0.2, -0.15) is 4.98 Å². The van der Waals surface area contributed by atoms with Crippen LogP contribution in [-0.4, -0.2) is 92.3 Å². The van der Waals surface area contributed by atoms with Gasteiger partial charge < -0.3 is 34.8 Å². The average Bonchev–Trinajstić information content (AvgIpc) is 2.97. The molecule has 0 unspecified atom stereocenters. The van der Waals surface area contributed by atoms with E-state index in [1.807, 2.05) is 6.07 Å². The predicted octanol–water partition coefficient (Wildman–Crippen LogP) is 3.43. The van der Waals surface area contributed by atoms with Gasteiger partial charge in [0.05, 0.1) is 19.0 Å². The molecule has 0 saturated carbocycles. The van der Waals surface area contributed by atoms with Crippen LogP contribution in [0.4, 0.5) is 23.1 Å². The van der Waals surface area contributed by atoms with Crippen LogP contribution in [0.15, 0.2) is 24.4 Å². The first kappa shape index (κ1) is 29.1. The van der Waals surface area contributed by atoms with Crippen molar-refractivity contribution in [3.63, 3.8) is 0 Å². The number of anilines is 4. The molecule has 3 aliphatic heterocycles. The Morgan fingerprint density at radius 3 is 2.56 bits per heavy atom. The number of carbonyl (C=O) groups is 2. The number of nitrogens with zero attached hydrogens (tertiary/aromatic N) is 5. The van der Waals surface area contributed by atoms with Gasteiger partial charge in [0.15, 0.2) is 5.82 Å². The molecule has 41 heavy (non-hydrogen) atoms. The largest absolute Gasteiger partial charge is 0.495 e. The molecule has 2 saturated heterocycles. The monoisotopic (exact) mass is 565 g/mol. The normalized spacial score (nSPS) is 20.7. The van der Waals surface area contributed by atoms with Crippen LogP contribution in [0.1, 0.15) is 56.3 Å². The molecule has 222 valence electrons. The van der Waals surface area contributed by atoms with Crippen LogP contribution in [0, 0.1) is 5.92 Å². The maximum absolute atomic E-state index is 13.5. The fourth-order valence-electron chi connectivity index (χ4n) is 5.99. The van der Waals surface area contributed by atoms with Crippen LogP contribution >= 0.6 is 0 Å². The van der Waals surface area contributed by atoms with E-state index in [1.54, 1.807) is 37.4 Å². The van der Waals surface area contributed by atoms with E-state index in [-0.39, 0.29) is 29.9 Å². The highest BCUT2D eigenvalue weighted by molar-refractivity contribution is 6.04. The molecular formula is C30H43N7O4. The van der Waals surface area contributed by atoms with Gasteiger partial charge in [-0.1, -0.05) is 13.8 Å². The molecular weight excluding hydrogens is 522 g/mol. The van der Waals surface area contributed by atoms with Gasteiger partial charge >= 0.3 is 0 Å². The van der Waals surface area contributed by atoms with Gasteiger partial charge in [-0.3, -0.25) is 9.59 Å². The number of carbonyl (C=O) groups excluding carboxylic acids is 2. The molecule has 0 aliphatic carbocycles. The summed E-state index contributed by atoms with van der Waals surface area (Å²) in [4.78, 5) is 42.1. The molecule has 0 radical (unpaired) electrons. The number of methoxy groups -OCH3 is 1. The van der Waals surface area contributed by atoms with Crippen LogP contribution in [0.3, 0.4) is 0 Å². The van der Waals surface area contributed by atoms with Crippen molar-refractivity contribution in [1.29, 1.82) is 0 Å². The van der Waals surface area contributed by atoms with Crippen LogP contribution in [0.25, 0.3) is 0 Å². The van der Waals surface area contributed by atoms with Crippen LogP contribution in [0.2, 0.25) is 0 Å². The van der Waals surface area contributed by atoms with Crippen molar-refractivity contribution in [2.75, 3.05) is 62.6 Å². The Morgan fingerprint density at radius 1 is 1.15 bits per heavy atom. The molecule has 2 N–H and O–H groups in total. The summed E-state index contributed by atoms with van der Waals surface area (Å²) < 4.78 is 11.3. The molecule has 5 rings (SSSR count). The van der Waals surface area contributed by atoms with Crippen molar-refractivity contribution in [3.05, 3.63) is 30.0 Å². The zero-order valence-electron chi connectivity index (χ0n) is 24.9. The second-order valence-electron chi connectivity index (χ2n) is 11.8. The van der Waals surface area contributed by atoms with Gasteiger partial charge in [0, 0.05) is 37.9 Å². The smallest absolute Gasteiger partial charge is 0.251 e. The number of aromatic nitrogens is 2. The number of piperidine rings is 1. The molecule has 0 bridgehead atoms. The molecule has 0 spiro atoms. The number of fused-ring (bicyclic) bond motifs is 1. The predicted molar refractivity (Wildman–Crippen MR) is 159 cm³/mol. The molecule has 11 heteroatoms. The van der Waals surface area contributed by atoms with Crippen LogP contribution < -0.4 is 25.2 Å². The average molecular weight is 566 g/mol. The highest BCUT2D eigenvalue weighted by Gasteiger charge is 2.42. The van der Waals surface area contributed by atoms with Crippen LogP contribution in [0.5, 0.6) is 5.75 Å². The first-order valence-electron chi connectivity index (χ1n) is 14.7. The number of amides is 2. The molecule has 11 nitrogen and oxygen atoms in total. The standard InChI is InChI=1S/C30H43N7O4/c1-19(2)16-24-29(39)36(4)25-18-31-30(34-27(25)37(24)22-10-14-41-15-11-22)33-23-7-6-20(17-26(23)40-5)28(38)32-21-8-12-35(3)13-9-21/h6-7,17-19,21-22,24H,8-16H2,1-5H3,(H,32,38)(H,31,33,34)/t24-/m1/s1. The van der Waals surface area contributed by atoms with Crippen molar-refractivity contribution in [2.24, 2.45) is 5.92 Å². The van der Waals surface area contributed by atoms with E-state index in [4.69, 9.17) is 14.5 Å². The van der Waals surface area contributed by atoms with E-state index >= 15 is 0 Å². The third kappa shape index (κ3) is 6.41. The highest BCUT2D eigenvalue weighted by Crippen LogP contribution is 2.39. The maximum atomic E-state index is 13.5. The summed E-state index contributed by atoms with van der Waals surface area (Å²) in [6, 6.07) is 5.38. The van der Waals surface area contributed by atoms with Gasteiger partial charge in [0.1, 0.15) is 17.5 Å². The molecule has 1 atom stereocenters. The summed E-state index contributed by atoms with van der Waals surface area (Å²) >= 11 is 0. The number of benzene rings is 1. The molecule has 1 aromatic heterocycles. The molecule has 3 aliphatic rings. The Bertz CT molecular complexity index is 1240. The first-order valence-corrected chi connectivity index (χ1v) is 14.7. The lowest BCUT2D eigenvalue weighted by molar-refractivity contribution is -0.120. The molecule has 2 aromatic rings. The van der Waals surface area contributed by atoms with Crippen LogP contribution in [-0.2, 0) is 9.53 Å². The summed E-state index contributed by atoms with van der Waals surface area (Å²) in [5, 5.41) is 6.45. The number of likely N-dealkylation sites (tertiary alicyclic amines) is 1. The first-order chi connectivity index (χ1) is 19.7. The SMILES string of the molecule is COc1cc(C(=O)NC2CCN(C)CC2)ccc1Nc1ncc2c(n1)N(C1CCOCC1)[C@H](CC(C)C)C(=O)N2C. The Balaban J connectivity index is 1.40. The summed E-state index contributed by atoms with van der Waals surface area (Å²) in [6.07, 6.45) is 6.01. The van der Waals surface area contributed by atoms with E-state index in [0.29, 0.717) is 47.8 Å². The Labute approximate surface area is 242 Å². The number of nitrogens with one attached hydrogen (secondary N) is 2. The lowest BCUT2D eigenvalue weighted by Gasteiger charge is -2.46. The van der Waals surface area contributed by atoms with Crippen molar-refractivity contribution in [2.45, 2.75) is 64.1 Å². The maximum Gasteiger partial charge on any atom is 0.251 e.